The van der Waals surface area contributed by atoms with Crippen molar-refractivity contribution < 1.29 is 0 Å². The molecule has 7 aromatic carbocycles. The lowest BCUT2D eigenvalue weighted by Gasteiger charge is -2.25. The van der Waals surface area contributed by atoms with Gasteiger partial charge in [-0.15, -0.1) is 11.3 Å². The van der Waals surface area contributed by atoms with Crippen LogP contribution in [0.1, 0.15) is 28.4 Å². The molecule has 0 saturated heterocycles. The van der Waals surface area contributed by atoms with E-state index in [9.17, 15) is 0 Å². The lowest BCUT2D eigenvalue weighted by atomic mass is 9.97. The first-order valence-corrected chi connectivity index (χ1v) is 19.9. The number of thiophene rings is 1. The molecule has 2 aliphatic rings. The molecule has 1 unspecified atom stereocenters. The Hall–Kier alpha value is -6.95. The van der Waals surface area contributed by atoms with Gasteiger partial charge in [0.2, 0.25) is 0 Å². The van der Waals surface area contributed by atoms with Gasteiger partial charge in [0.15, 0.2) is 0 Å². The van der Waals surface area contributed by atoms with Gasteiger partial charge in [-0.2, -0.15) is 0 Å². The Balaban J connectivity index is 0.967. The van der Waals surface area contributed by atoms with Crippen molar-refractivity contribution in [3.05, 3.63) is 210 Å². The van der Waals surface area contributed by atoms with Gasteiger partial charge in [0, 0.05) is 49.4 Å². The third-order valence-corrected chi connectivity index (χ3v) is 12.2. The highest BCUT2D eigenvalue weighted by Crippen LogP contribution is 2.41. The number of hydrogen-bond donors (Lipinski definition) is 2. The molecule has 2 aromatic heterocycles. The SMILES string of the molecule is C1=CC(c2ccc(C3=CC(c4ccc(-c5ccc6c(c5)c5ccccc5n6-c5cccc6sc7ccccc7c56)cc4)=NC(c4ccccc4)N3)cc2)=CNC1. The highest BCUT2D eigenvalue weighted by atomic mass is 32.1. The van der Waals surface area contributed by atoms with Gasteiger partial charge >= 0.3 is 0 Å². The van der Waals surface area contributed by atoms with Crippen molar-refractivity contribution in [1.82, 2.24) is 15.2 Å². The molecule has 2 N–H and O–H groups in total. The molecule has 0 saturated carbocycles. The molecule has 4 heterocycles. The number of allylic oxidation sites excluding steroid dienone is 3. The summed E-state index contributed by atoms with van der Waals surface area (Å²) >= 11 is 1.86. The number of nitrogens with one attached hydrogen (secondary N) is 2. The van der Waals surface area contributed by atoms with Gasteiger partial charge in [-0.3, -0.25) is 4.99 Å². The van der Waals surface area contributed by atoms with Crippen molar-refractivity contribution in [2.75, 3.05) is 6.54 Å². The molecule has 0 aliphatic carbocycles. The maximum absolute atomic E-state index is 5.24. The second-order valence-electron chi connectivity index (χ2n) is 14.4. The van der Waals surface area contributed by atoms with Gasteiger partial charge in [0.25, 0.3) is 0 Å². The summed E-state index contributed by atoms with van der Waals surface area (Å²) in [6.45, 7) is 0.870. The van der Waals surface area contributed by atoms with Crippen molar-refractivity contribution >= 4 is 70.3 Å². The Labute approximate surface area is 329 Å². The Morgan fingerprint density at radius 3 is 2.11 bits per heavy atom. The zero-order chi connectivity index (χ0) is 37.0. The summed E-state index contributed by atoms with van der Waals surface area (Å²) in [4.78, 5) is 5.24. The van der Waals surface area contributed by atoms with Crippen LogP contribution in [0.3, 0.4) is 0 Å². The molecule has 266 valence electrons. The van der Waals surface area contributed by atoms with E-state index >= 15 is 0 Å². The first-order chi connectivity index (χ1) is 27.7. The number of aromatic nitrogens is 1. The number of aliphatic imine (C=N–C) groups is 1. The topological polar surface area (TPSA) is 41.4 Å². The summed E-state index contributed by atoms with van der Waals surface area (Å²) in [6, 6.07) is 59.3. The van der Waals surface area contributed by atoms with E-state index in [1.54, 1.807) is 0 Å². The number of rotatable bonds is 6. The van der Waals surface area contributed by atoms with Crippen molar-refractivity contribution in [2.24, 2.45) is 4.99 Å². The molecule has 0 fully saturated rings. The molecule has 9 aromatic rings. The average Bonchev–Trinajstić information content (AvgIpc) is 3.83. The quantitative estimate of drug-likeness (QED) is 0.178. The fourth-order valence-electron chi connectivity index (χ4n) is 8.33. The summed E-state index contributed by atoms with van der Waals surface area (Å²) in [5.74, 6) is 0. The van der Waals surface area contributed by atoms with Gasteiger partial charge in [-0.1, -0.05) is 140 Å². The minimum atomic E-state index is -0.198. The molecule has 0 radical (unpaired) electrons. The molecular formula is C51H36N4S. The van der Waals surface area contributed by atoms with Gasteiger partial charge in [0.05, 0.1) is 22.4 Å². The number of hydrogen-bond acceptors (Lipinski definition) is 4. The largest absolute Gasteiger partial charge is 0.387 e. The Morgan fingerprint density at radius 1 is 0.571 bits per heavy atom. The number of para-hydroxylation sites is 1. The van der Waals surface area contributed by atoms with Gasteiger partial charge < -0.3 is 15.2 Å². The number of nitrogens with zero attached hydrogens (tertiary/aromatic N) is 2. The monoisotopic (exact) mass is 736 g/mol. The molecule has 4 nitrogen and oxygen atoms in total. The van der Waals surface area contributed by atoms with Crippen LogP contribution in [0.5, 0.6) is 0 Å². The Kier molecular flexibility index (Phi) is 7.78. The van der Waals surface area contributed by atoms with E-state index in [0.29, 0.717) is 0 Å². The lowest BCUT2D eigenvalue weighted by Crippen LogP contribution is -2.24. The second-order valence-corrected chi connectivity index (χ2v) is 15.5. The van der Waals surface area contributed by atoms with Gasteiger partial charge in [-0.25, -0.2) is 0 Å². The smallest absolute Gasteiger partial charge is 0.145 e. The Morgan fingerprint density at radius 2 is 1.27 bits per heavy atom. The summed E-state index contributed by atoms with van der Waals surface area (Å²) in [5.41, 5.74) is 13.7. The van der Waals surface area contributed by atoms with Crippen LogP contribution < -0.4 is 10.6 Å². The fraction of sp³-hybridized carbons (Fsp3) is 0.0392. The molecule has 56 heavy (non-hydrogen) atoms. The fourth-order valence-corrected chi connectivity index (χ4v) is 9.46. The van der Waals surface area contributed by atoms with Crippen LogP contribution >= 0.6 is 11.3 Å². The van der Waals surface area contributed by atoms with Crippen LogP contribution in [-0.4, -0.2) is 16.8 Å². The van der Waals surface area contributed by atoms with Crippen molar-refractivity contribution in [3.63, 3.8) is 0 Å². The molecular weight excluding hydrogens is 701 g/mol. The van der Waals surface area contributed by atoms with Crippen LogP contribution in [-0.2, 0) is 0 Å². The number of dihydropyridines is 1. The van der Waals surface area contributed by atoms with Crippen molar-refractivity contribution in [3.8, 4) is 16.8 Å². The minimum absolute atomic E-state index is 0.198. The van der Waals surface area contributed by atoms with E-state index in [4.69, 9.17) is 4.99 Å². The molecule has 11 rings (SSSR count). The first-order valence-electron chi connectivity index (χ1n) is 19.1. The normalized spacial score (nSPS) is 15.4. The maximum atomic E-state index is 5.24. The van der Waals surface area contributed by atoms with E-state index in [1.807, 2.05) is 11.3 Å². The number of benzene rings is 7. The van der Waals surface area contributed by atoms with Crippen LogP contribution in [0.25, 0.3) is 70.1 Å². The van der Waals surface area contributed by atoms with Gasteiger partial charge in [0.1, 0.15) is 6.17 Å². The second kappa shape index (κ2) is 13.4. The zero-order valence-electron chi connectivity index (χ0n) is 30.5. The summed E-state index contributed by atoms with van der Waals surface area (Å²) < 4.78 is 5.08. The van der Waals surface area contributed by atoms with Crippen LogP contribution in [0.15, 0.2) is 193 Å². The molecule has 5 heteroatoms. The summed E-state index contributed by atoms with van der Waals surface area (Å²) in [6.07, 6.45) is 8.39. The predicted octanol–water partition coefficient (Wildman–Crippen LogP) is 12.5. The van der Waals surface area contributed by atoms with Crippen LogP contribution in [0.2, 0.25) is 0 Å². The highest BCUT2D eigenvalue weighted by molar-refractivity contribution is 7.25. The van der Waals surface area contributed by atoms with E-state index in [2.05, 4.69) is 203 Å². The zero-order valence-corrected chi connectivity index (χ0v) is 31.3. The third-order valence-electron chi connectivity index (χ3n) is 11.1. The number of fused-ring (bicyclic) bond motifs is 6. The van der Waals surface area contributed by atoms with E-state index < -0.39 is 0 Å². The van der Waals surface area contributed by atoms with E-state index in [1.165, 1.54) is 69.9 Å². The first kappa shape index (κ1) is 32.5. The maximum Gasteiger partial charge on any atom is 0.145 e. The highest BCUT2D eigenvalue weighted by Gasteiger charge is 2.21. The standard InChI is InChI=1S/C51H36N4S/c1-2-10-37(11-3-1)51-53-43(31-44(54-51)36-25-21-34(22-26-36)39-12-9-29-52-32-39)35-23-19-33(20-24-35)38-27-28-46-42(30-38)40-13-4-6-15-45(40)55(46)47-16-8-18-49-50(47)41-14-5-7-17-48(41)56-49/h1-28,30-32,51-52,54H,29H2. The third kappa shape index (κ3) is 5.55. The van der Waals surface area contributed by atoms with Gasteiger partial charge in [-0.05, 0) is 81.4 Å². The van der Waals surface area contributed by atoms with E-state index in [-0.39, 0.29) is 6.17 Å². The molecule has 0 spiro atoms. The predicted molar refractivity (Wildman–Crippen MR) is 238 cm³/mol. The van der Waals surface area contributed by atoms with Crippen LogP contribution in [0.4, 0.5) is 0 Å². The summed E-state index contributed by atoms with van der Waals surface area (Å²) in [5, 5.41) is 12.2. The lowest BCUT2D eigenvalue weighted by molar-refractivity contribution is 0.664. The summed E-state index contributed by atoms with van der Waals surface area (Å²) in [7, 11) is 0. The van der Waals surface area contributed by atoms with Crippen molar-refractivity contribution in [1.29, 1.82) is 0 Å². The average molecular weight is 737 g/mol. The molecule has 0 bridgehead atoms. The van der Waals surface area contributed by atoms with Crippen LogP contribution in [0, 0.1) is 0 Å². The minimum Gasteiger partial charge on any atom is -0.387 e. The molecule has 0 amide bonds. The Bertz CT molecular complexity index is 3090. The van der Waals surface area contributed by atoms with E-state index in [0.717, 1.165) is 34.6 Å². The molecule has 1 atom stereocenters. The molecule has 2 aliphatic heterocycles. The van der Waals surface area contributed by atoms with Crippen molar-refractivity contribution in [2.45, 2.75) is 6.17 Å².